The highest BCUT2D eigenvalue weighted by molar-refractivity contribution is 5.94. The van der Waals surface area contributed by atoms with Crippen LogP contribution in [0.4, 0.5) is 17.8 Å². The van der Waals surface area contributed by atoms with E-state index < -0.39 is 0 Å². The first kappa shape index (κ1) is 30.4. The maximum atomic E-state index is 12.0. The van der Waals surface area contributed by atoms with Gasteiger partial charge in [0.2, 0.25) is 17.8 Å². The van der Waals surface area contributed by atoms with Crippen molar-refractivity contribution >= 4 is 23.8 Å². The zero-order valence-electron chi connectivity index (χ0n) is 22.9. The predicted octanol–water partition coefficient (Wildman–Crippen LogP) is 3.02. The number of unbranched alkanes of at least 4 members (excludes halogenated alkanes) is 1. The lowest BCUT2D eigenvalue weighted by Gasteiger charge is -2.12. The Hall–Kier alpha value is -4.16. The van der Waals surface area contributed by atoms with Crippen LogP contribution in [0, 0.1) is 0 Å². The van der Waals surface area contributed by atoms with E-state index in [1.54, 1.807) is 18.2 Å². The molecule has 1 heterocycles. The molecule has 0 radical (unpaired) electrons. The molecule has 40 heavy (non-hydrogen) atoms. The molecular weight excluding hydrogens is 514 g/mol. The molecule has 0 saturated heterocycles. The van der Waals surface area contributed by atoms with Crippen LogP contribution in [0.3, 0.4) is 0 Å². The number of phenolic OH excluding ortho intramolecular Hbond substituents is 2. The smallest absolute Gasteiger partial charge is 0.251 e. The molecule has 0 aliphatic carbocycles. The third-order valence-corrected chi connectivity index (χ3v) is 5.65. The van der Waals surface area contributed by atoms with E-state index in [-0.39, 0.29) is 17.4 Å². The topological polar surface area (TPSA) is 163 Å². The van der Waals surface area contributed by atoms with E-state index in [1.165, 1.54) is 12.1 Å². The molecular formula is C28H39N7O5. The van der Waals surface area contributed by atoms with Crippen LogP contribution in [-0.2, 0) is 15.9 Å². The van der Waals surface area contributed by atoms with Gasteiger partial charge in [-0.1, -0.05) is 37.6 Å². The number of aromatic nitrogens is 3. The van der Waals surface area contributed by atoms with Crippen LogP contribution in [0.1, 0.15) is 35.7 Å². The number of aromatic hydroxyl groups is 2. The minimum atomic E-state index is -0.146. The summed E-state index contributed by atoms with van der Waals surface area (Å²) in [6.07, 6.45) is 2.66. The molecule has 2 aromatic carbocycles. The van der Waals surface area contributed by atoms with Crippen molar-refractivity contribution in [3.05, 3.63) is 59.7 Å². The van der Waals surface area contributed by atoms with Gasteiger partial charge in [0.05, 0.1) is 26.4 Å². The highest BCUT2D eigenvalue weighted by Crippen LogP contribution is 2.25. The van der Waals surface area contributed by atoms with Crippen molar-refractivity contribution in [2.45, 2.75) is 26.2 Å². The number of hydrogen-bond acceptors (Lipinski definition) is 11. The molecule has 216 valence electrons. The number of nitrogens with zero attached hydrogens (tertiary/aromatic N) is 3. The van der Waals surface area contributed by atoms with Crippen molar-refractivity contribution in [1.29, 1.82) is 0 Å². The van der Waals surface area contributed by atoms with Gasteiger partial charge in [-0.3, -0.25) is 4.79 Å². The maximum Gasteiger partial charge on any atom is 0.251 e. The van der Waals surface area contributed by atoms with Crippen LogP contribution in [0.15, 0.2) is 48.5 Å². The second kappa shape index (κ2) is 17.4. The molecule has 0 bridgehead atoms. The average Bonchev–Trinajstić information content (AvgIpc) is 2.96. The molecule has 0 unspecified atom stereocenters. The van der Waals surface area contributed by atoms with E-state index >= 15 is 0 Å². The summed E-state index contributed by atoms with van der Waals surface area (Å²) in [5.41, 5.74) is 1.49. The lowest BCUT2D eigenvalue weighted by atomic mass is 10.1. The number of rotatable bonds is 19. The summed E-state index contributed by atoms with van der Waals surface area (Å²) in [7, 11) is 0. The lowest BCUT2D eigenvalue weighted by molar-refractivity contribution is 0.0519. The van der Waals surface area contributed by atoms with Crippen LogP contribution in [0.25, 0.3) is 0 Å². The highest BCUT2D eigenvalue weighted by atomic mass is 16.5. The summed E-state index contributed by atoms with van der Waals surface area (Å²) >= 11 is 0. The predicted molar refractivity (Wildman–Crippen MR) is 154 cm³/mol. The van der Waals surface area contributed by atoms with Gasteiger partial charge in [-0.25, -0.2) is 0 Å². The Bertz CT molecular complexity index is 1170. The van der Waals surface area contributed by atoms with Gasteiger partial charge in [0.25, 0.3) is 5.91 Å². The number of phenols is 2. The Morgan fingerprint density at radius 3 is 2.02 bits per heavy atom. The van der Waals surface area contributed by atoms with Crippen LogP contribution in [0.2, 0.25) is 0 Å². The summed E-state index contributed by atoms with van der Waals surface area (Å²) < 4.78 is 11.1. The summed E-state index contributed by atoms with van der Waals surface area (Å²) in [5.74, 6) is 0.913. The van der Waals surface area contributed by atoms with Crippen molar-refractivity contribution in [3.63, 3.8) is 0 Å². The Labute approximate surface area is 234 Å². The molecule has 12 nitrogen and oxygen atoms in total. The molecule has 0 saturated carbocycles. The fraction of sp³-hybridized carbons (Fsp3) is 0.429. The van der Waals surface area contributed by atoms with Crippen LogP contribution >= 0.6 is 0 Å². The first-order valence-electron chi connectivity index (χ1n) is 13.5. The van der Waals surface area contributed by atoms with Gasteiger partial charge < -0.3 is 41.0 Å². The Morgan fingerprint density at radius 2 is 1.38 bits per heavy atom. The third-order valence-electron chi connectivity index (χ3n) is 5.65. The molecule has 0 aliphatic heterocycles. The van der Waals surface area contributed by atoms with Crippen LogP contribution in [-0.4, -0.2) is 83.7 Å². The van der Waals surface area contributed by atoms with Crippen LogP contribution in [0.5, 0.6) is 11.5 Å². The standard InChI is InChI=1S/C28H39N7O5/c1-2-3-12-30-26-33-27(31-13-11-21-9-10-23(36)24(37)20-21)35-28(34-26)32-15-17-40-19-18-39-16-14-29-25(38)22-7-5-4-6-8-22/h4-10,20,36-37H,2-3,11-19H2,1H3,(H,29,38)(H3,30,31,32,33,34,35). The Kier molecular flexibility index (Phi) is 13.2. The quantitative estimate of drug-likeness (QED) is 0.0955. The summed E-state index contributed by atoms with van der Waals surface area (Å²) in [6, 6.07) is 13.8. The Morgan fingerprint density at radius 1 is 0.750 bits per heavy atom. The summed E-state index contributed by atoms with van der Waals surface area (Å²) in [6.45, 7) is 6.01. The highest BCUT2D eigenvalue weighted by Gasteiger charge is 2.07. The van der Waals surface area contributed by atoms with Crippen LogP contribution < -0.4 is 21.3 Å². The van der Waals surface area contributed by atoms with Gasteiger partial charge in [-0.05, 0) is 42.7 Å². The number of hydrogen-bond donors (Lipinski definition) is 6. The van der Waals surface area contributed by atoms with Gasteiger partial charge in [0.15, 0.2) is 11.5 Å². The molecule has 6 N–H and O–H groups in total. The normalized spacial score (nSPS) is 10.7. The third kappa shape index (κ3) is 11.3. The second-order valence-corrected chi connectivity index (χ2v) is 8.86. The molecule has 3 rings (SSSR count). The number of carbonyl (C=O) groups excluding carboxylic acids is 1. The van der Waals surface area contributed by atoms with E-state index in [2.05, 4.69) is 43.1 Å². The molecule has 3 aromatic rings. The average molecular weight is 554 g/mol. The zero-order chi connectivity index (χ0) is 28.4. The monoisotopic (exact) mass is 553 g/mol. The van der Waals surface area contributed by atoms with Gasteiger partial charge in [0, 0.05) is 31.7 Å². The number of benzene rings is 2. The SMILES string of the molecule is CCCCNc1nc(NCCOCCOCCNC(=O)c2ccccc2)nc(NCCc2ccc(O)c(O)c2)n1. The van der Waals surface area contributed by atoms with E-state index in [0.29, 0.717) is 75.9 Å². The number of amides is 1. The fourth-order valence-corrected chi connectivity index (χ4v) is 3.52. The number of carbonyl (C=O) groups is 1. The number of anilines is 3. The molecule has 0 fully saturated rings. The van der Waals surface area contributed by atoms with Crippen molar-refractivity contribution in [2.75, 3.05) is 68.6 Å². The molecule has 0 spiro atoms. The zero-order valence-corrected chi connectivity index (χ0v) is 22.9. The lowest BCUT2D eigenvalue weighted by Crippen LogP contribution is -2.27. The largest absolute Gasteiger partial charge is 0.504 e. The van der Waals surface area contributed by atoms with E-state index in [1.807, 2.05) is 18.2 Å². The van der Waals surface area contributed by atoms with Gasteiger partial charge in [-0.15, -0.1) is 0 Å². The first-order valence-corrected chi connectivity index (χ1v) is 13.5. The number of ether oxygens (including phenoxy) is 2. The first-order chi connectivity index (χ1) is 19.5. The van der Waals surface area contributed by atoms with Crippen molar-refractivity contribution in [2.24, 2.45) is 0 Å². The van der Waals surface area contributed by atoms with Crippen molar-refractivity contribution in [3.8, 4) is 11.5 Å². The van der Waals surface area contributed by atoms with Gasteiger partial charge in [-0.2, -0.15) is 15.0 Å². The number of nitrogens with one attached hydrogen (secondary N) is 4. The van der Waals surface area contributed by atoms with Gasteiger partial charge >= 0.3 is 0 Å². The van der Waals surface area contributed by atoms with E-state index in [9.17, 15) is 15.0 Å². The molecule has 0 aliphatic rings. The summed E-state index contributed by atoms with van der Waals surface area (Å²) in [4.78, 5) is 25.3. The molecule has 1 amide bonds. The maximum absolute atomic E-state index is 12.0. The second-order valence-electron chi connectivity index (χ2n) is 8.86. The molecule has 0 atom stereocenters. The van der Waals surface area contributed by atoms with E-state index in [4.69, 9.17) is 9.47 Å². The van der Waals surface area contributed by atoms with E-state index in [0.717, 1.165) is 24.9 Å². The molecule has 1 aromatic heterocycles. The van der Waals surface area contributed by atoms with Gasteiger partial charge in [0.1, 0.15) is 0 Å². The van der Waals surface area contributed by atoms with Crippen molar-refractivity contribution < 1.29 is 24.5 Å². The minimum absolute atomic E-state index is 0.121. The minimum Gasteiger partial charge on any atom is -0.504 e. The summed E-state index contributed by atoms with van der Waals surface area (Å²) in [5, 5.41) is 31.5. The molecule has 12 heteroatoms. The Balaban J connectivity index is 1.34. The fourth-order valence-electron chi connectivity index (χ4n) is 3.52. The van der Waals surface area contributed by atoms with Crippen molar-refractivity contribution in [1.82, 2.24) is 20.3 Å².